The van der Waals surface area contributed by atoms with Crippen LogP contribution in [0.4, 0.5) is 18.9 Å². The number of ether oxygens (including phenoxy) is 1. The molecule has 0 aliphatic carbocycles. The summed E-state index contributed by atoms with van der Waals surface area (Å²) >= 11 is 0. The third-order valence-electron chi connectivity index (χ3n) is 4.95. The average Bonchev–Trinajstić information content (AvgIpc) is 2.69. The maximum absolute atomic E-state index is 15.4. The summed E-state index contributed by atoms with van der Waals surface area (Å²) in [7, 11) is 2.44. The van der Waals surface area contributed by atoms with Gasteiger partial charge in [0.15, 0.2) is 17.5 Å². The predicted octanol–water partition coefficient (Wildman–Crippen LogP) is -1.34. The topological polar surface area (TPSA) is 124 Å². The molecule has 1 saturated heterocycles. The Morgan fingerprint density at radius 1 is 1.29 bits per heavy atom. The number of sulfonamides is 1. The molecular formula is C18H21B3F3N5O4S. The molecule has 2 aromatic rings. The first-order valence-electron chi connectivity index (χ1n) is 10.0. The molecule has 1 aliphatic heterocycles. The van der Waals surface area contributed by atoms with Crippen LogP contribution >= 0.6 is 0 Å². The van der Waals surface area contributed by atoms with Crippen LogP contribution in [0.25, 0.3) is 0 Å². The number of benzene rings is 1. The summed E-state index contributed by atoms with van der Waals surface area (Å²) < 4.78 is 75.4. The van der Waals surface area contributed by atoms with Gasteiger partial charge in [0.05, 0.1) is 28.7 Å². The van der Waals surface area contributed by atoms with E-state index in [2.05, 4.69) is 15.6 Å². The van der Waals surface area contributed by atoms with Crippen LogP contribution in [0, 0.1) is 22.9 Å². The molecule has 0 bridgehead atoms. The van der Waals surface area contributed by atoms with E-state index in [-0.39, 0.29) is 5.69 Å². The standard InChI is InChI=1S/C18H21B3F3N5O4S/c1-17(7-34(31,32)29(2)16(25)28-17)12-13(23)9(22)5-11(14(12)24)27-15(30)10-4-3-8(6-26-10)33-18(19,20)21/h3-6H,7,19-21H2,1-2H3,(H2,25,28)(H,27,30)/t17-/m0/s1. The zero-order valence-electron chi connectivity index (χ0n) is 19.1. The fraction of sp³-hybridized carbons (Fsp3) is 0.278. The van der Waals surface area contributed by atoms with Gasteiger partial charge in [-0.25, -0.2) is 30.9 Å². The fourth-order valence-corrected chi connectivity index (χ4v) is 4.87. The van der Waals surface area contributed by atoms with Crippen molar-refractivity contribution in [3.63, 3.8) is 0 Å². The van der Waals surface area contributed by atoms with E-state index in [1.54, 1.807) is 0 Å². The van der Waals surface area contributed by atoms with Crippen molar-refractivity contribution in [3.05, 3.63) is 53.1 Å². The van der Waals surface area contributed by atoms with Gasteiger partial charge in [0.2, 0.25) is 16.0 Å². The third-order valence-corrected chi connectivity index (χ3v) is 6.91. The number of pyridine rings is 1. The predicted molar refractivity (Wildman–Crippen MR) is 127 cm³/mol. The smallest absolute Gasteiger partial charge is 0.274 e. The number of hydrogen-bond acceptors (Lipinski definition) is 6. The SMILES string of the molecule is BC(B)(B)Oc1ccc(C(=O)Nc2cc(F)c(F)c([C@]3(C)CS(=O)(=O)N(C)C(=N)N3)c2F)nc1. The molecule has 1 aromatic carbocycles. The Bertz CT molecular complexity index is 1280. The number of amides is 1. The van der Waals surface area contributed by atoms with Crippen LogP contribution in [-0.2, 0) is 15.6 Å². The number of nitrogens with one attached hydrogen (secondary N) is 3. The van der Waals surface area contributed by atoms with Crippen molar-refractivity contribution in [3.8, 4) is 5.75 Å². The van der Waals surface area contributed by atoms with E-state index < -0.39 is 67.2 Å². The van der Waals surface area contributed by atoms with Crippen LogP contribution in [0.5, 0.6) is 5.75 Å². The highest BCUT2D eigenvalue weighted by Gasteiger charge is 2.46. The molecule has 0 saturated carbocycles. The largest absolute Gasteiger partial charge is 0.512 e. The Hall–Kier alpha value is -3.16. The summed E-state index contributed by atoms with van der Waals surface area (Å²) in [6, 6.07) is 3.23. The molecule has 3 rings (SSSR count). The maximum atomic E-state index is 15.4. The van der Waals surface area contributed by atoms with Crippen LogP contribution in [0.3, 0.4) is 0 Å². The van der Waals surface area contributed by atoms with Gasteiger partial charge in [0.1, 0.15) is 35.0 Å². The second kappa shape index (κ2) is 8.56. The number of anilines is 1. The van der Waals surface area contributed by atoms with Gasteiger partial charge in [-0.3, -0.25) is 10.2 Å². The summed E-state index contributed by atoms with van der Waals surface area (Å²) in [5.41, 5.74) is -3.87. The van der Waals surface area contributed by atoms with E-state index >= 15 is 4.39 Å². The first-order chi connectivity index (χ1) is 15.5. The van der Waals surface area contributed by atoms with Crippen molar-refractivity contribution < 1.29 is 31.1 Å². The van der Waals surface area contributed by atoms with Gasteiger partial charge in [-0.05, 0) is 19.1 Å². The zero-order chi connectivity index (χ0) is 25.6. The van der Waals surface area contributed by atoms with Crippen molar-refractivity contribution in [2.45, 2.75) is 17.8 Å². The molecular weight excluding hydrogens is 472 g/mol. The van der Waals surface area contributed by atoms with E-state index in [1.165, 1.54) is 18.3 Å². The molecule has 1 fully saturated rings. The van der Waals surface area contributed by atoms with Crippen molar-refractivity contribution in [2.75, 3.05) is 18.1 Å². The van der Waals surface area contributed by atoms with E-state index in [0.29, 0.717) is 16.1 Å². The Morgan fingerprint density at radius 2 is 1.94 bits per heavy atom. The Morgan fingerprint density at radius 3 is 2.47 bits per heavy atom. The normalized spacial score (nSPS) is 19.9. The minimum atomic E-state index is -4.13. The highest BCUT2D eigenvalue weighted by molar-refractivity contribution is 7.89. The van der Waals surface area contributed by atoms with Crippen LogP contribution in [0.2, 0.25) is 0 Å². The number of guanidine groups is 1. The molecule has 1 atom stereocenters. The summed E-state index contributed by atoms with van der Waals surface area (Å²) in [6.07, 6.45) is 1.28. The lowest BCUT2D eigenvalue weighted by molar-refractivity contribution is 0.102. The van der Waals surface area contributed by atoms with E-state index in [1.807, 2.05) is 23.5 Å². The summed E-state index contributed by atoms with van der Waals surface area (Å²) in [4.78, 5) is 16.5. The molecule has 0 radical (unpaired) electrons. The minimum absolute atomic E-state index is 0.153. The Kier molecular flexibility index (Phi) is 6.42. The van der Waals surface area contributed by atoms with Gasteiger partial charge >= 0.3 is 0 Å². The van der Waals surface area contributed by atoms with Crippen molar-refractivity contribution in [1.29, 1.82) is 5.41 Å². The van der Waals surface area contributed by atoms with E-state index in [9.17, 15) is 22.0 Å². The van der Waals surface area contributed by atoms with Crippen LogP contribution in [-0.4, -0.2) is 71.2 Å². The quantitative estimate of drug-likeness (QED) is 0.350. The molecule has 178 valence electrons. The van der Waals surface area contributed by atoms with Gasteiger partial charge in [0, 0.05) is 18.4 Å². The monoisotopic (exact) mass is 493 g/mol. The van der Waals surface area contributed by atoms with Crippen molar-refractivity contribution in [1.82, 2.24) is 14.6 Å². The highest BCUT2D eigenvalue weighted by Crippen LogP contribution is 2.35. The second-order valence-electron chi connectivity index (χ2n) is 8.99. The average molecular weight is 493 g/mol. The lowest BCUT2D eigenvalue weighted by Gasteiger charge is -2.40. The minimum Gasteiger partial charge on any atom is -0.512 e. The second-order valence-corrected chi connectivity index (χ2v) is 11.0. The maximum Gasteiger partial charge on any atom is 0.274 e. The number of carbonyl (C=O) groups is 1. The molecule has 0 spiro atoms. The molecule has 34 heavy (non-hydrogen) atoms. The van der Waals surface area contributed by atoms with Crippen LogP contribution < -0.4 is 15.4 Å². The molecule has 16 heteroatoms. The number of rotatable bonds is 5. The molecule has 1 aliphatic rings. The summed E-state index contributed by atoms with van der Waals surface area (Å²) in [5, 5.41) is 11.8. The van der Waals surface area contributed by atoms with Crippen LogP contribution in [0.1, 0.15) is 23.0 Å². The van der Waals surface area contributed by atoms with Crippen LogP contribution in [0.15, 0.2) is 24.4 Å². The summed E-state index contributed by atoms with van der Waals surface area (Å²) in [6.45, 7) is 1.12. The Balaban J connectivity index is 1.96. The fourth-order valence-electron chi connectivity index (χ4n) is 3.41. The van der Waals surface area contributed by atoms with Crippen molar-refractivity contribution in [2.24, 2.45) is 0 Å². The van der Waals surface area contributed by atoms with Gasteiger partial charge in [0.25, 0.3) is 5.91 Å². The van der Waals surface area contributed by atoms with E-state index in [0.717, 1.165) is 14.0 Å². The zero-order valence-corrected chi connectivity index (χ0v) is 19.9. The molecule has 2 heterocycles. The number of halogens is 3. The number of carbonyl (C=O) groups excluding carboxylic acids is 1. The first kappa shape index (κ1) is 25.5. The summed E-state index contributed by atoms with van der Waals surface area (Å²) in [5.74, 6) is -6.58. The molecule has 9 nitrogen and oxygen atoms in total. The van der Waals surface area contributed by atoms with Gasteiger partial charge in [-0.1, -0.05) is 0 Å². The molecule has 3 N–H and O–H groups in total. The number of hydrogen-bond donors (Lipinski definition) is 3. The third kappa shape index (κ3) is 5.01. The van der Waals surface area contributed by atoms with Crippen molar-refractivity contribution >= 4 is 51.1 Å². The van der Waals surface area contributed by atoms with E-state index in [4.69, 9.17) is 10.1 Å². The molecule has 1 amide bonds. The Labute approximate surface area is 197 Å². The van der Waals surface area contributed by atoms with Gasteiger partial charge in [-0.2, -0.15) is 0 Å². The number of aromatic nitrogens is 1. The van der Waals surface area contributed by atoms with Gasteiger partial charge < -0.3 is 15.4 Å². The first-order valence-corrected chi connectivity index (χ1v) is 11.6. The lowest BCUT2D eigenvalue weighted by atomic mass is 9.52. The molecule has 1 aromatic heterocycles. The highest BCUT2D eigenvalue weighted by atomic mass is 32.2. The van der Waals surface area contributed by atoms with Gasteiger partial charge in [-0.15, -0.1) is 0 Å². The molecule has 0 unspecified atom stereocenters. The number of nitrogens with zero attached hydrogens (tertiary/aromatic N) is 2. The lowest BCUT2D eigenvalue weighted by Crippen LogP contribution is -2.61.